The third-order valence-electron chi connectivity index (χ3n) is 5.75. The van der Waals surface area contributed by atoms with E-state index in [1.165, 1.54) is 0 Å². The zero-order chi connectivity index (χ0) is 24.0. The first kappa shape index (κ1) is 22.2. The number of pyridine rings is 1. The van der Waals surface area contributed by atoms with Gasteiger partial charge in [0.2, 0.25) is 0 Å². The molecule has 0 fully saturated rings. The summed E-state index contributed by atoms with van der Waals surface area (Å²) in [6, 6.07) is 33.0. The lowest BCUT2D eigenvalue weighted by Crippen LogP contribution is -2.14. The second-order valence-corrected chi connectivity index (χ2v) is 8.02. The van der Waals surface area contributed by atoms with Crippen molar-refractivity contribution in [3.63, 3.8) is 0 Å². The lowest BCUT2D eigenvalue weighted by Gasteiger charge is -2.19. The number of amides is 1. The lowest BCUT2D eigenvalue weighted by atomic mass is 9.95. The molecule has 0 aliphatic rings. The van der Waals surface area contributed by atoms with Crippen molar-refractivity contribution in [3.8, 4) is 22.6 Å². The molecule has 1 amide bonds. The van der Waals surface area contributed by atoms with E-state index in [0.29, 0.717) is 23.7 Å². The van der Waals surface area contributed by atoms with Crippen molar-refractivity contribution in [2.45, 2.75) is 6.61 Å². The Kier molecular flexibility index (Phi) is 6.39. The Balaban J connectivity index is 1.67. The first-order valence-electron chi connectivity index (χ1n) is 11.3. The summed E-state index contributed by atoms with van der Waals surface area (Å²) in [4.78, 5) is 17.3. The molecule has 0 spiro atoms. The van der Waals surface area contributed by atoms with Crippen LogP contribution in [-0.4, -0.2) is 18.0 Å². The van der Waals surface area contributed by atoms with Gasteiger partial charge in [0.15, 0.2) is 0 Å². The minimum atomic E-state index is -0.287. The number of carbonyl (C=O) groups excluding carboxylic acids is 1. The van der Waals surface area contributed by atoms with E-state index in [0.717, 1.165) is 33.2 Å². The van der Waals surface area contributed by atoms with Crippen molar-refractivity contribution in [1.82, 2.24) is 4.98 Å². The summed E-state index contributed by atoms with van der Waals surface area (Å²) in [5, 5.41) is 4.91. The Hall–Kier alpha value is -4.64. The number of aromatic nitrogens is 1. The van der Waals surface area contributed by atoms with Crippen LogP contribution in [-0.2, 0) is 6.61 Å². The average molecular weight is 461 g/mol. The molecule has 4 aromatic carbocycles. The largest absolute Gasteiger partial charge is 0.497 e. The number of methoxy groups -OCH3 is 1. The van der Waals surface area contributed by atoms with Gasteiger partial charge < -0.3 is 14.8 Å². The van der Waals surface area contributed by atoms with Crippen LogP contribution in [0.2, 0.25) is 0 Å². The molecule has 0 atom stereocenters. The molecule has 0 aliphatic carbocycles. The summed E-state index contributed by atoms with van der Waals surface area (Å²) in [7, 11) is 1.64. The highest BCUT2D eigenvalue weighted by molar-refractivity contribution is 6.12. The monoisotopic (exact) mass is 460 g/mol. The lowest BCUT2D eigenvalue weighted by molar-refractivity contribution is 0.102. The van der Waals surface area contributed by atoms with Crippen LogP contribution in [0.25, 0.3) is 21.9 Å². The molecule has 0 saturated heterocycles. The van der Waals surface area contributed by atoms with E-state index >= 15 is 0 Å². The van der Waals surface area contributed by atoms with Crippen molar-refractivity contribution in [3.05, 3.63) is 121 Å². The van der Waals surface area contributed by atoms with Gasteiger partial charge in [0.05, 0.1) is 12.8 Å². The number of hydrogen-bond acceptors (Lipinski definition) is 4. The Morgan fingerprint density at radius 1 is 0.829 bits per heavy atom. The van der Waals surface area contributed by atoms with E-state index in [1.807, 2.05) is 84.9 Å². The number of carbonyl (C=O) groups is 1. The summed E-state index contributed by atoms with van der Waals surface area (Å²) in [6.07, 6.45) is 1.61. The number of benzene rings is 4. The third kappa shape index (κ3) is 4.84. The fourth-order valence-corrected chi connectivity index (χ4v) is 4.05. The van der Waals surface area contributed by atoms with Crippen LogP contribution in [0.4, 0.5) is 5.69 Å². The van der Waals surface area contributed by atoms with Crippen molar-refractivity contribution < 1.29 is 14.3 Å². The van der Waals surface area contributed by atoms with Crippen LogP contribution in [0.3, 0.4) is 0 Å². The number of nitrogens with one attached hydrogen (secondary N) is 1. The molecule has 5 heteroatoms. The predicted molar refractivity (Wildman–Crippen MR) is 139 cm³/mol. The minimum Gasteiger partial charge on any atom is -0.497 e. The number of fused-ring (bicyclic) bond motifs is 1. The minimum absolute atomic E-state index is 0.287. The molecule has 5 nitrogen and oxygen atoms in total. The maximum Gasteiger partial charge on any atom is 0.274 e. The van der Waals surface area contributed by atoms with Gasteiger partial charge in [-0.25, -0.2) is 0 Å². The molecular formula is C30H24N2O3. The molecule has 1 aromatic heterocycles. The number of ether oxygens (including phenoxy) is 2. The molecule has 0 saturated carbocycles. The third-order valence-corrected chi connectivity index (χ3v) is 5.75. The standard InChI is InChI=1S/C30H24N2O3/c1-34-23-15-16-24-25(18-23)28(35-20-21-10-4-2-5-11-21)19-27(29(24)22-12-6-3-7-13-22)32-30(33)26-14-8-9-17-31-26/h2-19H,20H2,1H3,(H,32,33). The van der Waals surface area contributed by atoms with Gasteiger partial charge in [-0.3, -0.25) is 9.78 Å². The maximum absolute atomic E-state index is 13.1. The first-order chi connectivity index (χ1) is 17.2. The van der Waals surface area contributed by atoms with Crippen LogP contribution in [0.1, 0.15) is 16.1 Å². The van der Waals surface area contributed by atoms with Crippen LogP contribution < -0.4 is 14.8 Å². The van der Waals surface area contributed by atoms with Gasteiger partial charge in [0.1, 0.15) is 23.8 Å². The smallest absolute Gasteiger partial charge is 0.274 e. The topological polar surface area (TPSA) is 60.5 Å². The van der Waals surface area contributed by atoms with Crippen LogP contribution in [0.15, 0.2) is 109 Å². The maximum atomic E-state index is 13.1. The van der Waals surface area contributed by atoms with Crippen molar-refractivity contribution in [2.24, 2.45) is 0 Å². The molecule has 0 bridgehead atoms. The van der Waals surface area contributed by atoms with Crippen molar-refractivity contribution in [2.75, 3.05) is 12.4 Å². The zero-order valence-electron chi connectivity index (χ0n) is 19.3. The molecule has 1 N–H and O–H groups in total. The van der Waals surface area contributed by atoms with Gasteiger partial charge in [-0.1, -0.05) is 66.7 Å². The molecular weight excluding hydrogens is 436 g/mol. The number of hydrogen-bond donors (Lipinski definition) is 1. The fourth-order valence-electron chi connectivity index (χ4n) is 4.05. The molecule has 172 valence electrons. The number of rotatable bonds is 7. The highest BCUT2D eigenvalue weighted by Crippen LogP contribution is 2.42. The van der Waals surface area contributed by atoms with E-state index in [4.69, 9.17) is 9.47 Å². The van der Waals surface area contributed by atoms with Crippen molar-refractivity contribution in [1.29, 1.82) is 0 Å². The van der Waals surface area contributed by atoms with Gasteiger partial charge in [0.25, 0.3) is 5.91 Å². The van der Waals surface area contributed by atoms with Crippen LogP contribution in [0, 0.1) is 0 Å². The van der Waals surface area contributed by atoms with Gasteiger partial charge >= 0.3 is 0 Å². The van der Waals surface area contributed by atoms with Gasteiger partial charge in [-0.05, 0) is 46.8 Å². The number of anilines is 1. The molecule has 5 rings (SSSR count). The first-order valence-corrected chi connectivity index (χ1v) is 11.3. The fraction of sp³-hybridized carbons (Fsp3) is 0.0667. The van der Waals surface area contributed by atoms with Gasteiger partial charge in [0, 0.05) is 23.2 Å². The van der Waals surface area contributed by atoms with Gasteiger partial charge in [-0.2, -0.15) is 0 Å². The Morgan fingerprint density at radius 2 is 1.57 bits per heavy atom. The van der Waals surface area contributed by atoms with Crippen LogP contribution >= 0.6 is 0 Å². The van der Waals surface area contributed by atoms with E-state index in [-0.39, 0.29) is 5.91 Å². The highest BCUT2D eigenvalue weighted by Gasteiger charge is 2.18. The second kappa shape index (κ2) is 10.1. The van der Waals surface area contributed by atoms with Crippen LogP contribution in [0.5, 0.6) is 11.5 Å². The number of nitrogens with zero attached hydrogens (tertiary/aromatic N) is 1. The summed E-state index contributed by atoms with van der Waals surface area (Å²) >= 11 is 0. The van der Waals surface area contributed by atoms with E-state index < -0.39 is 0 Å². The zero-order valence-corrected chi connectivity index (χ0v) is 19.3. The quantitative estimate of drug-likeness (QED) is 0.292. The van der Waals surface area contributed by atoms with E-state index in [1.54, 1.807) is 31.5 Å². The molecule has 0 unspecified atom stereocenters. The van der Waals surface area contributed by atoms with E-state index in [9.17, 15) is 4.79 Å². The molecule has 0 aliphatic heterocycles. The summed E-state index contributed by atoms with van der Waals surface area (Å²) < 4.78 is 11.8. The average Bonchev–Trinajstić information content (AvgIpc) is 2.93. The highest BCUT2D eigenvalue weighted by atomic mass is 16.5. The Bertz CT molecular complexity index is 1450. The SMILES string of the molecule is COc1ccc2c(-c3ccccc3)c(NC(=O)c3ccccn3)cc(OCc3ccccc3)c2c1. The summed E-state index contributed by atoms with van der Waals surface area (Å²) in [6.45, 7) is 0.394. The molecule has 5 aromatic rings. The molecule has 0 radical (unpaired) electrons. The second-order valence-electron chi connectivity index (χ2n) is 8.02. The van der Waals surface area contributed by atoms with E-state index in [2.05, 4.69) is 10.3 Å². The summed E-state index contributed by atoms with van der Waals surface area (Å²) in [5.74, 6) is 1.09. The Morgan fingerprint density at radius 3 is 2.29 bits per heavy atom. The summed E-state index contributed by atoms with van der Waals surface area (Å²) in [5.41, 5.74) is 3.92. The Labute approximate surface area is 204 Å². The molecule has 35 heavy (non-hydrogen) atoms. The predicted octanol–water partition coefficient (Wildman–Crippen LogP) is 6.74. The molecule has 1 heterocycles. The normalized spacial score (nSPS) is 10.7. The van der Waals surface area contributed by atoms with Gasteiger partial charge in [-0.15, -0.1) is 0 Å². The van der Waals surface area contributed by atoms with Crippen molar-refractivity contribution >= 4 is 22.4 Å².